The number of carbonyl (C=O) groups is 1. The fourth-order valence-corrected chi connectivity index (χ4v) is 2.94. The third kappa shape index (κ3) is 3.34. The number of hydrogen-bond donors (Lipinski definition) is 1. The zero-order chi connectivity index (χ0) is 13.0. The normalized spacial score (nSPS) is 10.6. The highest BCUT2D eigenvalue weighted by Gasteiger charge is 2.13. The highest BCUT2D eigenvalue weighted by Crippen LogP contribution is 2.27. The van der Waals surface area contributed by atoms with Gasteiger partial charge in [0.1, 0.15) is 0 Å². The van der Waals surface area contributed by atoms with Gasteiger partial charge in [-0.25, -0.2) is 4.98 Å². The lowest BCUT2D eigenvalue weighted by atomic mass is 10.2. The molecule has 5 heteroatoms. The molecule has 2 rings (SSSR count). The van der Waals surface area contributed by atoms with Crippen molar-refractivity contribution in [1.29, 1.82) is 0 Å². The van der Waals surface area contributed by atoms with Crippen LogP contribution in [0.3, 0.4) is 0 Å². The Kier molecular flexibility index (Phi) is 4.38. The number of nitrogens with zero attached hydrogens (tertiary/aromatic N) is 1. The quantitative estimate of drug-likeness (QED) is 0.863. The molecule has 3 nitrogen and oxygen atoms in total. The van der Waals surface area contributed by atoms with Crippen LogP contribution in [0.2, 0.25) is 0 Å². The van der Waals surface area contributed by atoms with Crippen LogP contribution >= 0.6 is 23.1 Å². The molecule has 0 saturated carbocycles. The van der Waals surface area contributed by atoms with Crippen LogP contribution < -0.4 is 5.32 Å². The number of aromatic nitrogens is 1. The Morgan fingerprint density at radius 3 is 2.83 bits per heavy atom. The first-order valence-corrected chi connectivity index (χ1v) is 7.39. The Morgan fingerprint density at radius 2 is 2.17 bits per heavy atom. The number of nitrogens with one attached hydrogen (secondary N) is 1. The van der Waals surface area contributed by atoms with Gasteiger partial charge in [-0.3, -0.25) is 10.1 Å². The van der Waals surface area contributed by atoms with Gasteiger partial charge in [-0.15, -0.1) is 23.1 Å². The van der Waals surface area contributed by atoms with E-state index in [-0.39, 0.29) is 5.91 Å². The highest BCUT2D eigenvalue weighted by molar-refractivity contribution is 8.00. The summed E-state index contributed by atoms with van der Waals surface area (Å²) in [6.45, 7) is 4.22. The molecule has 0 aliphatic rings. The molecule has 0 unspecified atom stereocenters. The molecule has 1 aromatic heterocycles. The molecule has 1 aromatic carbocycles. The monoisotopic (exact) mass is 278 g/mol. The predicted octanol–water partition coefficient (Wildman–Crippen LogP) is 3.90. The molecule has 0 fully saturated rings. The van der Waals surface area contributed by atoms with Crippen LogP contribution in [-0.4, -0.2) is 16.1 Å². The van der Waals surface area contributed by atoms with E-state index in [0.717, 1.165) is 4.90 Å². The van der Waals surface area contributed by atoms with E-state index in [1.165, 1.54) is 11.3 Å². The average Bonchev–Trinajstić information content (AvgIpc) is 2.81. The van der Waals surface area contributed by atoms with Crippen molar-refractivity contribution in [2.45, 2.75) is 24.0 Å². The SMILES string of the molecule is CC(C)Sc1ccccc1C(=O)Nc1nccs1. The Hall–Kier alpha value is -1.33. The van der Waals surface area contributed by atoms with Gasteiger partial charge in [0.05, 0.1) is 5.56 Å². The summed E-state index contributed by atoms with van der Waals surface area (Å²) in [6.07, 6.45) is 1.68. The standard InChI is InChI=1S/C13H14N2OS2/c1-9(2)18-11-6-4-3-5-10(11)12(16)15-13-14-7-8-17-13/h3-9H,1-2H3,(H,14,15,16). The molecule has 0 bridgehead atoms. The molecule has 94 valence electrons. The van der Waals surface area contributed by atoms with E-state index in [1.807, 2.05) is 29.6 Å². The highest BCUT2D eigenvalue weighted by atomic mass is 32.2. The molecular weight excluding hydrogens is 264 g/mol. The smallest absolute Gasteiger partial charge is 0.258 e. The Morgan fingerprint density at radius 1 is 1.39 bits per heavy atom. The Bertz CT molecular complexity index is 524. The number of thioether (sulfide) groups is 1. The first-order valence-electron chi connectivity index (χ1n) is 5.63. The number of hydrogen-bond acceptors (Lipinski definition) is 4. The number of amides is 1. The van der Waals surface area contributed by atoms with Crippen molar-refractivity contribution in [3.05, 3.63) is 41.4 Å². The van der Waals surface area contributed by atoms with Crippen molar-refractivity contribution in [3.63, 3.8) is 0 Å². The van der Waals surface area contributed by atoms with Gasteiger partial charge in [0, 0.05) is 21.7 Å². The van der Waals surface area contributed by atoms with Crippen LogP contribution in [0, 0.1) is 0 Å². The topological polar surface area (TPSA) is 42.0 Å². The van der Waals surface area contributed by atoms with Crippen molar-refractivity contribution in [3.8, 4) is 0 Å². The van der Waals surface area contributed by atoms with E-state index in [9.17, 15) is 4.79 Å². The van der Waals surface area contributed by atoms with Crippen molar-refractivity contribution >= 4 is 34.1 Å². The van der Waals surface area contributed by atoms with Gasteiger partial charge in [-0.05, 0) is 12.1 Å². The van der Waals surface area contributed by atoms with E-state index in [0.29, 0.717) is 15.9 Å². The van der Waals surface area contributed by atoms with Gasteiger partial charge in [0.15, 0.2) is 5.13 Å². The Balaban J connectivity index is 2.19. The molecule has 0 aliphatic carbocycles. The Labute approximate surface area is 115 Å². The fraction of sp³-hybridized carbons (Fsp3) is 0.231. The van der Waals surface area contributed by atoms with Crippen molar-refractivity contribution in [2.24, 2.45) is 0 Å². The van der Waals surface area contributed by atoms with Crippen LogP contribution in [0.5, 0.6) is 0 Å². The van der Waals surface area contributed by atoms with E-state index >= 15 is 0 Å². The van der Waals surface area contributed by atoms with Crippen LogP contribution in [0.4, 0.5) is 5.13 Å². The minimum Gasteiger partial charge on any atom is -0.298 e. The minimum absolute atomic E-state index is 0.103. The second kappa shape index (κ2) is 6.02. The summed E-state index contributed by atoms with van der Waals surface area (Å²) in [7, 11) is 0. The van der Waals surface area contributed by atoms with Gasteiger partial charge in [0.2, 0.25) is 0 Å². The van der Waals surface area contributed by atoms with Gasteiger partial charge in [0.25, 0.3) is 5.91 Å². The van der Waals surface area contributed by atoms with Crippen LogP contribution in [0.15, 0.2) is 40.7 Å². The summed E-state index contributed by atoms with van der Waals surface area (Å²) < 4.78 is 0. The zero-order valence-corrected chi connectivity index (χ0v) is 11.8. The minimum atomic E-state index is -0.103. The molecule has 0 atom stereocenters. The van der Waals surface area contributed by atoms with Crippen LogP contribution in [0.1, 0.15) is 24.2 Å². The van der Waals surface area contributed by atoms with Crippen molar-refractivity contribution in [2.75, 3.05) is 5.32 Å². The summed E-state index contributed by atoms with van der Waals surface area (Å²) >= 11 is 3.10. The molecule has 1 heterocycles. The molecule has 1 N–H and O–H groups in total. The number of rotatable bonds is 4. The van der Waals surface area contributed by atoms with Crippen molar-refractivity contribution in [1.82, 2.24) is 4.98 Å². The molecule has 0 radical (unpaired) electrons. The van der Waals surface area contributed by atoms with Crippen LogP contribution in [-0.2, 0) is 0 Å². The summed E-state index contributed by atoms with van der Waals surface area (Å²) in [5.74, 6) is -0.103. The predicted molar refractivity (Wildman–Crippen MR) is 77.5 cm³/mol. The third-order valence-corrected chi connectivity index (χ3v) is 3.92. The lowest BCUT2D eigenvalue weighted by molar-refractivity contribution is 0.102. The van der Waals surface area contributed by atoms with E-state index in [4.69, 9.17) is 0 Å². The summed E-state index contributed by atoms with van der Waals surface area (Å²) in [4.78, 5) is 17.2. The van der Waals surface area contributed by atoms with E-state index in [2.05, 4.69) is 24.1 Å². The van der Waals surface area contributed by atoms with E-state index < -0.39 is 0 Å². The summed E-state index contributed by atoms with van der Waals surface area (Å²) in [5, 5.41) is 5.72. The molecule has 1 amide bonds. The van der Waals surface area contributed by atoms with Gasteiger partial charge in [-0.1, -0.05) is 26.0 Å². The van der Waals surface area contributed by atoms with Crippen molar-refractivity contribution < 1.29 is 4.79 Å². The number of carbonyl (C=O) groups excluding carboxylic acids is 1. The summed E-state index contributed by atoms with van der Waals surface area (Å²) in [5.41, 5.74) is 0.700. The summed E-state index contributed by atoms with van der Waals surface area (Å²) in [6, 6.07) is 7.64. The molecule has 0 spiro atoms. The number of thiazole rings is 1. The van der Waals surface area contributed by atoms with E-state index in [1.54, 1.807) is 18.0 Å². The molecule has 2 aromatic rings. The zero-order valence-electron chi connectivity index (χ0n) is 10.2. The van der Waals surface area contributed by atoms with Crippen LogP contribution in [0.25, 0.3) is 0 Å². The lowest BCUT2D eigenvalue weighted by Gasteiger charge is -2.10. The third-order valence-electron chi connectivity index (χ3n) is 2.15. The first kappa shape index (κ1) is 13.1. The average molecular weight is 278 g/mol. The molecular formula is C13H14N2OS2. The van der Waals surface area contributed by atoms with Gasteiger partial charge < -0.3 is 0 Å². The largest absolute Gasteiger partial charge is 0.298 e. The number of anilines is 1. The lowest BCUT2D eigenvalue weighted by Crippen LogP contribution is -2.13. The first-order chi connectivity index (χ1) is 8.66. The number of benzene rings is 1. The fourth-order valence-electron chi connectivity index (χ4n) is 1.46. The second-order valence-electron chi connectivity index (χ2n) is 3.95. The maximum absolute atomic E-state index is 12.2. The second-order valence-corrected chi connectivity index (χ2v) is 6.47. The maximum Gasteiger partial charge on any atom is 0.258 e. The molecule has 0 saturated heterocycles. The molecule has 18 heavy (non-hydrogen) atoms. The van der Waals surface area contributed by atoms with Gasteiger partial charge in [-0.2, -0.15) is 0 Å². The van der Waals surface area contributed by atoms with Gasteiger partial charge >= 0.3 is 0 Å². The maximum atomic E-state index is 12.2. The molecule has 0 aliphatic heterocycles.